The second-order valence-corrected chi connectivity index (χ2v) is 9.56. The maximum atomic E-state index is 13.2. The van der Waals surface area contributed by atoms with Crippen LogP contribution in [0.25, 0.3) is 11.3 Å². The van der Waals surface area contributed by atoms with Crippen LogP contribution in [-0.2, 0) is 12.8 Å². The van der Waals surface area contributed by atoms with Crippen LogP contribution in [-0.4, -0.2) is 22.4 Å². The first-order chi connectivity index (χ1) is 14.5. The summed E-state index contributed by atoms with van der Waals surface area (Å²) < 4.78 is 6.15. The first kappa shape index (κ1) is 19.1. The van der Waals surface area contributed by atoms with Crippen LogP contribution in [0, 0.1) is 11.3 Å². The zero-order chi connectivity index (χ0) is 20.7. The topological polar surface area (TPSA) is 55.0 Å². The van der Waals surface area contributed by atoms with Crippen molar-refractivity contribution in [2.75, 3.05) is 6.61 Å². The standard InChI is InChI=1S/C26H28N2O2/c1-26(2)13-21-24(22(29)14-26)20(12-17-6-4-3-5-7-17)25(28-21)19-10-11-27-15-23(19)30-16-18-8-9-18/h3-7,10-11,15,18,28H,8-9,12-14,16H2,1-2H3. The van der Waals surface area contributed by atoms with Gasteiger partial charge in [0.15, 0.2) is 5.78 Å². The van der Waals surface area contributed by atoms with E-state index >= 15 is 0 Å². The van der Waals surface area contributed by atoms with Crippen LogP contribution in [0.3, 0.4) is 0 Å². The number of nitrogens with zero attached hydrogens (tertiary/aromatic N) is 1. The molecular weight excluding hydrogens is 372 g/mol. The maximum Gasteiger partial charge on any atom is 0.165 e. The van der Waals surface area contributed by atoms with E-state index in [0.717, 1.165) is 53.3 Å². The third-order valence-electron chi connectivity index (χ3n) is 6.20. The van der Waals surface area contributed by atoms with Gasteiger partial charge in [0.1, 0.15) is 5.75 Å². The average molecular weight is 401 g/mol. The molecule has 1 saturated carbocycles. The minimum absolute atomic E-state index is 0.0280. The molecule has 0 aliphatic heterocycles. The summed E-state index contributed by atoms with van der Waals surface area (Å²) in [5.74, 6) is 1.70. The highest BCUT2D eigenvalue weighted by atomic mass is 16.5. The van der Waals surface area contributed by atoms with E-state index < -0.39 is 0 Å². The van der Waals surface area contributed by atoms with Crippen LogP contribution in [0.2, 0.25) is 0 Å². The molecule has 4 heteroatoms. The summed E-state index contributed by atoms with van der Waals surface area (Å²) in [7, 11) is 0. The predicted molar refractivity (Wildman–Crippen MR) is 118 cm³/mol. The van der Waals surface area contributed by atoms with Crippen molar-refractivity contribution in [1.82, 2.24) is 9.97 Å². The number of aromatic amines is 1. The number of pyridine rings is 1. The molecule has 1 fully saturated rings. The van der Waals surface area contributed by atoms with Crippen molar-refractivity contribution < 1.29 is 9.53 Å². The molecule has 2 aliphatic carbocycles. The number of H-pyrrole nitrogens is 1. The molecule has 3 aromatic rings. The Labute approximate surface area is 177 Å². The lowest BCUT2D eigenvalue weighted by Crippen LogP contribution is -2.27. The fraction of sp³-hybridized carbons (Fsp3) is 0.385. The molecule has 0 spiro atoms. The van der Waals surface area contributed by atoms with Crippen molar-refractivity contribution in [3.05, 3.63) is 71.2 Å². The van der Waals surface area contributed by atoms with Crippen LogP contribution >= 0.6 is 0 Å². The van der Waals surface area contributed by atoms with Gasteiger partial charge < -0.3 is 9.72 Å². The van der Waals surface area contributed by atoms with Gasteiger partial charge in [-0.1, -0.05) is 44.2 Å². The number of benzene rings is 1. The molecule has 0 unspecified atom stereocenters. The Morgan fingerprint density at radius 2 is 1.93 bits per heavy atom. The number of carbonyl (C=O) groups is 1. The van der Waals surface area contributed by atoms with E-state index in [2.05, 4.69) is 48.1 Å². The van der Waals surface area contributed by atoms with Crippen LogP contribution in [0.4, 0.5) is 0 Å². The quantitative estimate of drug-likeness (QED) is 0.585. The van der Waals surface area contributed by atoms with Gasteiger partial charge in [-0.2, -0.15) is 0 Å². The lowest BCUT2D eigenvalue weighted by molar-refractivity contribution is 0.0911. The molecule has 2 aliphatic rings. The Kier molecular flexibility index (Phi) is 4.73. The Bertz CT molecular complexity index is 1080. The minimum Gasteiger partial charge on any atom is -0.491 e. The van der Waals surface area contributed by atoms with Crippen molar-refractivity contribution >= 4 is 5.78 Å². The van der Waals surface area contributed by atoms with Gasteiger partial charge in [-0.05, 0) is 47.8 Å². The van der Waals surface area contributed by atoms with Crippen molar-refractivity contribution in [3.63, 3.8) is 0 Å². The average Bonchev–Trinajstić information content (AvgIpc) is 3.48. The first-order valence-corrected chi connectivity index (χ1v) is 10.9. The monoisotopic (exact) mass is 400 g/mol. The number of fused-ring (bicyclic) bond motifs is 1. The van der Waals surface area contributed by atoms with Gasteiger partial charge in [-0.15, -0.1) is 0 Å². The SMILES string of the molecule is CC1(C)CC(=O)c2c([nH]c(-c3ccncc3OCC3CC3)c2Cc2ccccc2)C1. The predicted octanol–water partition coefficient (Wildman–Crippen LogP) is 5.61. The smallest absolute Gasteiger partial charge is 0.165 e. The van der Waals surface area contributed by atoms with Crippen LogP contribution in [0.1, 0.15) is 60.3 Å². The molecule has 0 radical (unpaired) electrons. The zero-order valence-electron chi connectivity index (χ0n) is 17.7. The van der Waals surface area contributed by atoms with Crippen LogP contribution < -0.4 is 4.74 Å². The van der Waals surface area contributed by atoms with Crippen molar-refractivity contribution in [2.45, 2.75) is 46.0 Å². The summed E-state index contributed by atoms with van der Waals surface area (Å²) in [6, 6.07) is 12.4. The number of ether oxygens (including phenoxy) is 1. The molecule has 1 aromatic carbocycles. The number of rotatable bonds is 6. The Balaban J connectivity index is 1.62. The summed E-state index contributed by atoms with van der Waals surface area (Å²) >= 11 is 0. The lowest BCUT2D eigenvalue weighted by Gasteiger charge is -2.28. The van der Waals surface area contributed by atoms with Gasteiger partial charge in [-0.25, -0.2) is 0 Å². The van der Waals surface area contributed by atoms with E-state index in [-0.39, 0.29) is 11.2 Å². The maximum absolute atomic E-state index is 13.2. The van der Waals surface area contributed by atoms with E-state index in [9.17, 15) is 4.79 Å². The summed E-state index contributed by atoms with van der Waals surface area (Å²) in [6.07, 6.45) is 8.27. The van der Waals surface area contributed by atoms with Gasteiger partial charge in [0.25, 0.3) is 0 Å². The number of carbonyl (C=O) groups excluding carboxylic acids is 1. The fourth-order valence-corrected chi connectivity index (χ4v) is 4.53. The number of Topliss-reactive ketones (excluding diaryl/α,β-unsaturated/α-hetero) is 1. The molecule has 0 atom stereocenters. The fourth-order valence-electron chi connectivity index (χ4n) is 4.53. The Hall–Kier alpha value is -2.88. The van der Waals surface area contributed by atoms with Crippen LogP contribution in [0.15, 0.2) is 48.8 Å². The number of aromatic nitrogens is 2. The van der Waals surface area contributed by atoms with Crippen molar-refractivity contribution in [2.24, 2.45) is 11.3 Å². The van der Waals surface area contributed by atoms with Gasteiger partial charge >= 0.3 is 0 Å². The van der Waals surface area contributed by atoms with E-state index in [1.165, 1.54) is 18.4 Å². The molecular formula is C26H28N2O2. The van der Waals surface area contributed by atoms with Gasteiger partial charge in [0.2, 0.25) is 0 Å². The normalized spacial score (nSPS) is 17.6. The van der Waals surface area contributed by atoms with E-state index in [1.54, 1.807) is 12.4 Å². The lowest BCUT2D eigenvalue weighted by atomic mass is 9.75. The Morgan fingerprint density at radius 3 is 2.70 bits per heavy atom. The first-order valence-electron chi connectivity index (χ1n) is 10.9. The Morgan fingerprint density at radius 1 is 1.13 bits per heavy atom. The largest absolute Gasteiger partial charge is 0.491 e. The van der Waals surface area contributed by atoms with Gasteiger partial charge in [0, 0.05) is 35.9 Å². The van der Waals surface area contributed by atoms with Crippen molar-refractivity contribution in [1.29, 1.82) is 0 Å². The van der Waals surface area contributed by atoms with E-state index in [0.29, 0.717) is 12.3 Å². The summed E-state index contributed by atoms with van der Waals surface area (Å²) in [5.41, 5.74) is 6.20. The molecule has 30 heavy (non-hydrogen) atoms. The third-order valence-corrected chi connectivity index (χ3v) is 6.20. The van der Waals surface area contributed by atoms with Crippen molar-refractivity contribution in [3.8, 4) is 17.0 Å². The molecule has 5 rings (SSSR count). The van der Waals surface area contributed by atoms with E-state index in [1.807, 2.05) is 12.1 Å². The highest BCUT2D eigenvalue weighted by molar-refractivity contribution is 6.02. The highest BCUT2D eigenvalue weighted by Gasteiger charge is 2.36. The van der Waals surface area contributed by atoms with E-state index in [4.69, 9.17) is 4.74 Å². The number of hydrogen-bond acceptors (Lipinski definition) is 3. The summed E-state index contributed by atoms with van der Waals surface area (Å²) in [4.78, 5) is 21.1. The molecule has 4 nitrogen and oxygen atoms in total. The number of nitrogens with one attached hydrogen (secondary N) is 1. The van der Waals surface area contributed by atoms with Crippen LogP contribution in [0.5, 0.6) is 5.75 Å². The molecule has 0 bridgehead atoms. The molecule has 2 heterocycles. The van der Waals surface area contributed by atoms with Gasteiger partial charge in [0.05, 0.1) is 18.5 Å². The number of hydrogen-bond donors (Lipinski definition) is 1. The molecule has 2 aromatic heterocycles. The molecule has 154 valence electrons. The second kappa shape index (κ2) is 7.42. The summed E-state index contributed by atoms with van der Waals surface area (Å²) in [5, 5.41) is 0. The molecule has 0 saturated heterocycles. The van der Waals surface area contributed by atoms with Gasteiger partial charge in [-0.3, -0.25) is 9.78 Å². The highest BCUT2D eigenvalue weighted by Crippen LogP contribution is 2.42. The minimum atomic E-state index is -0.0280. The third kappa shape index (κ3) is 3.79. The second-order valence-electron chi connectivity index (χ2n) is 9.56. The number of ketones is 1. The molecule has 1 N–H and O–H groups in total. The summed E-state index contributed by atoms with van der Waals surface area (Å²) in [6.45, 7) is 5.07. The molecule has 0 amide bonds. The zero-order valence-corrected chi connectivity index (χ0v) is 17.7.